The van der Waals surface area contributed by atoms with Crippen LogP contribution in [0.25, 0.3) is 6.08 Å². The molecule has 1 aliphatic heterocycles. The first kappa shape index (κ1) is 15.6. The molecule has 2 aromatic carbocycles. The van der Waals surface area contributed by atoms with E-state index in [1.54, 1.807) is 6.08 Å². The summed E-state index contributed by atoms with van der Waals surface area (Å²) < 4.78 is 11.6. The Bertz CT molecular complexity index is 740. The van der Waals surface area contributed by atoms with Gasteiger partial charge in [0.1, 0.15) is 0 Å². The van der Waals surface area contributed by atoms with Crippen molar-refractivity contribution in [2.45, 2.75) is 13.0 Å². The standard InChI is InChI=1S/C18H16BrNO3/c1-12(14-4-6-15(19)7-5-14)20-18(21)9-3-13-2-8-16-17(10-13)23-11-22-16/h2-10,12H,11H2,1H3,(H,20,21)/b9-3+/t12-/m1/s1. The highest BCUT2D eigenvalue weighted by Crippen LogP contribution is 2.32. The van der Waals surface area contributed by atoms with Crippen molar-refractivity contribution in [3.8, 4) is 11.5 Å². The summed E-state index contributed by atoms with van der Waals surface area (Å²) in [6.45, 7) is 2.20. The Kier molecular flexibility index (Phi) is 4.67. The van der Waals surface area contributed by atoms with E-state index in [0.717, 1.165) is 21.3 Å². The van der Waals surface area contributed by atoms with Gasteiger partial charge in [0.2, 0.25) is 12.7 Å². The Morgan fingerprint density at radius 2 is 1.91 bits per heavy atom. The molecule has 23 heavy (non-hydrogen) atoms. The molecule has 0 unspecified atom stereocenters. The highest BCUT2D eigenvalue weighted by atomic mass is 79.9. The van der Waals surface area contributed by atoms with Crippen LogP contribution in [0.15, 0.2) is 53.0 Å². The van der Waals surface area contributed by atoms with Crippen LogP contribution in [0.3, 0.4) is 0 Å². The van der Waals surface area contributed by atoms with Crippen molar-refractivity contribution < 1.29 is 14.3 Å². The molecular formula is C18H16BrNO3. The summed E-state index contributed by atoms with van der Waals surface area (Å²) in [5.41, 5.74) is 1.94. The molecule has 0 saturated heterocycles. The Labute approximate surface area is 143 Å². The highest BCUT2D eigenvalue weighted by Gasteiger charge is 2.12. The number of hydrogen-bond donors (Lipinski definition) is 1. The number of hydrogen-bond acceptors (Lipinski definition) is 3. The fourth-order valence-electron chi connectivity index (χ4n) is 2.29. The number of amides is 1. The van der Waals surface area contributed by atoms with Crippen LogP contribution in [0.1, 0.15) is 24.1 Å². The lowest BCUT2D eigenvalue weighted by Gasteiger charge is -2.12. The molecule has 0 bridgehead atoms. The largest absolute Gasteiger partial charge is 0.454 e. The van der Waals surface area contributed by atoms with E-state index in [1.165, 1.54) is 6.08 Å². The molecule has 0 saturated carbocycles. The second-order valence-electron chi connectivity index (χ2n) is 5.23. The van der Waals surface area contributed by atoms with Crippen molar-refractivity contribution in [2.75, 3.05) is 6.79 Å². The van der Waals surface area contributed by atoms with Gasteiger partial charge in [0.25, 0.3) is 0 Å². The van der Waals surface area contributed by atoms with Crippen molar-refractivity contribution in [1.29, 1.82) is 0 Å². The number of nitrogens with one attached hydrogen (secondary N) is 1. The Morgan fingerprint density at radius 1 is 1.17 bits per heavy atom. The van der Waals surface area contributed by atoms with E-state index in [-0.39, 0.29) is 18.7 Å². The number of fused-ring (bicyclic) bond motifs is 1. The van der Waals surface area contributed by atoms with Crippen LogP contribution in [-0.4, -0.2) is 12.7 Å². The molecule has 1 amide bonds. The SMILES string of the molecule is C[C@@H](NC(=O)/C=C/c1ccc2c(c1)OCO2)c1ccc(Br)cc1. The maximum Gasteiger partial charge on any atom is 0.244 e. The van der Waals surface area contributed by atoms with Gasteiger partial charge in [0.15, 0.2) is 11.5 Å². The molecule has 1 N–H and O–H groups in total. The van der Waals surface area contributed by atoms with Gasteiger partial charge in [-0.1, -0.05) is 34.1 Å². The van der Waals surface area contributed by atoms with E-state index in [2.05, 4.69) is 21.2 Å². The zero-order chi connectivity index (χ0) is 16.2. The van der Waals surface area contributed by atoms with Crippen molar-refractivity contribution in [3.63, 3.8) is 0 Å². The van der Waals surface area contributed by atoms with Gasteiger partial charge < -0.3 is 14.8 Å². The van der Waals surface area contributed by atoms with Gasteiger partial charge in [-0.25, -0.2) is 0 Å². The van der Waals surface area contributed by atoms with Gasteiger partial charge in [0.05, 0.1) is 6.04 Å². The van der Waals surface area contributed by atoms with Gasteiger partial charge in [-0.2, -0.15) is 0 Å². The van der Waals surface area contributed by atoms with Crippen molar-refractivity contribution >= 4 is 27.9 Å². The lowest BCUT2D eigenvalue weighted by atomic mass is 10.1. The first-order valence-corrected chi connectivity index (χ1v) is 8.05. The zero-order valence-electron chi connectivity index (χ0n) is 12.6. The minimum Gasteiger partial charge on any atom is -0.454 e. The van der Waals surface area contributed by atoms with E-state index >= 15 is 0 Å². The Morgan fingerprint density at radius 3 is 2.70 bits per heavy atom. The van der Waals surface area contributed by atoms with Crippen LogP contribution in [0.2, 0.25) is 0 Å². The molecule has 1 heterocycles. The second kappa shape index (κ2) is 6.87. The number of carbonyl (C=O) groups excluding carboxylic acids is 1. The van der Waals surface area contributed by atoms with Crippen LogP contribution >= 0.6 is 15.9 Å². The first-order chi connectivity index (χ1) is 11.1. The lowest BCUT2D eigenvalue weighted by Crippen LogP contribution is -2.24. The van der Waals surface area contributed by atoms with E-state index in [9.17, 15) is 4.79 Å². The summed E-state index contributed by atoms with van der Waals surface area (Å²) in [7, 11) is 0. The van der Waals surface area contributed by atoms with E-state index in [4.69, 9.17) is 9.47 Å². The summed E-state index contributed by atoms with van der Waals surface area (Å²) in [6.07, 6.45) is 3.28. The second-order valence-corrected chi connectivity index (χ2v) is 6.14. The third-order valence-corrected chi connectivity index (χ3v) is 4.08. The fraction of sp³-hybridized carbons (Fsp3) is 0.167. The molecule has 0 aliphatic carbocycles. The topological polar surface area (TPSA) is 47.6 Å². The predicted molar refractivity (Wildman–Crippen MR) is 92.3 cm³/mol. The number of carbonyl (C=O) groups is 1. The Hall–Kier alpha value is -2.27. The fourth-order valence-corrected chi connectivity index (χ4v) is 2.55. The van der Waals surface area contributed by atoms with Gasteiger partial charge in [-0.3, -0.25) is 4.79 Å². The molecule has 4 nitrogen and oxygen atoms in total. The Balaban J connectivity index is 1.61. The molecule has 5 heteroatoms. The van der Waals surface area contributed by atoms with Crippen molar-refractivity contribution in [3.05, 3.63) is 64.1 Å². The molecule has 0 aromatic heterocycles. The van der Waals surface area contributed by atoms with E-state index in [1.807, 2.05) is 49.4 Å². The maximum atomic E-state index is 12.0. The predicted octanol–water partition coefficient (Wildman–Crippen LogP) is 4.07. The zero-order valence-corrected chi connectivity index (χ0v) is 14.2. The third-order valence-electron chi connectivity index (χ3n) is 3.55. The lowest BCUT2D eigenvalue weighted by molar-refractivity contribution is -0.117. The quantitative estimate of drug-likeness (QED) is 0.821. The number of rotatable bonds is 4. The molecule has 0 radical (unpaired) electrons. The van der Waals surface area contributed by atoms with Crippen LogP contribution in [0, 0.1) is 0 Å². The monoisotopic (exact) mass is 373 g/mol. The van der Waals surface area contributed by atoms with E-state index < -0.39 is 0 Å². The van der Waals surface area contributed by atoms with Crippen LogP contribution in [0.5, 0.6) is 11.5 Å². The first-order valence-electron chi connectivity index (χ1n) is 7.25. The molecular weight excluding hydrogens is 358 g/mol. The summed E-state index contributed by atoms with van der Waals surface area (Å²) in [5.74, 6) is 1.30. The summed E-state index contributed by atoms with van der Waals surface area (Å²) in [4.78, 5) is 12.0. The molecule has 2 aromatic rings. The van der Waals surface area contributed by atoms with E-state index in [0.29, 0.717) is 5.75 Å². The number of ether oxygens (including phenoxy) is 2. The third kappa shape index (κ3) is 3.93. The molecule has 0 fully saturated rings. The van der Waals surface area contributed by atoms with Crippen molar-refractivity contribution in [2.24, 2.45) is 0 Å². The smallest absolute Gasteiger partial charge is 0.244 e. The minimum absolute atomic E-state index is 0.0583. The average molecular weight is 374 g/mol. The summed E-state index contributed by atoms with van der Waals surface area (Å²) in [5, 5.41) is 2.94. The molecule has 1 atom stereocenters. The summed E-state index contributed by atoms with van der Waals surface area (Å²) in [6, 6.07) is 13.4. The molecule has 1 aliphatic rings. The van der Waals surface area contributed by atoms with Crippen LogP contribution in [-0.2, 0) is 4.79 Å². The molecule has 3 rings (SSSR count). The van der Waals surface area contributed by atoms with Gasteiger partial charge in [-0.05, 0) is 48.4 Å². The molecule has 0 spiro atoms. The van der Waals surface area contributed by atoms with Gasteiger partial charge >= 0.3 is 0 Å². The minimum atomic E-state index is -0.141. The summed E-state index contributed by atoms with van der Waals surface area (Å²) >= 11 is 3.40. The number of benzene rings is 2. The number of halogens is 1. The normalized spacial score (nSPS) is 14.0. The average Bonchev–Trinajstić information content (AvgIpc) is 3.01. The van der Waals surface area contributed by atoms with Crippen LogP contribution in [0.4, 0.5) is 0 Å². The molecule has 118 valence electrons. The van der Waals surface area contributed by atoms with Gasteiger partial charge in [0, 0.05) is 10.5 Å². The maximum absolute atomic E-state index is 12.0. The van der Waals surface area contributed by atoms with Crippen LogP contribution < -0.4 is 14.8 Å². The van der Waals surface area contributed by atoms with Gasteiger partial charge in [-0.15, -0.1) is 0 Å². The van der Waals surface area contributed by atoms with Crippen molar-refractivity contribution in [1.82, 2.24) is 5.32 Å². The highest BCUT2D eigenvalue weighted by molar-refractivity contribution is 9.10.